The Hall–Kier alpha value is -2.40. The van der Waals surface area contributed by atoms with Crippen LogP contribution in [0.2, 0.25) is 5.28 Å². The number of ether oxygens (including phenoxy) is 1. The molecule has 0 bridgehead atoms. The number of nitrogens with two attached hydrogens (primary N) is 1. The summed E-state index contributed by atoms with van der Waals surface area (Å²) in [5.41, 5.74) is 6.10. The lowest BCUT2D eigenvalue weighted by molar-refractivity contribution is -0.0979. The van der Waals surface area contributed by atoms with E-state index in [4.69, 9.17) is 32.0 Å². The summed E-state index contributed by atoms with van der Waals surface area (Å²) in [6.07, 6.45) is 1.50. The molecule has 1 saturated heterocycles. The van der Waals surface area contributed by atoms with Gasteiger partial charge in [0.05, 0.1) is 12.9 Å². The van der Waals surface area contributed by atoms with E-state index in [2.05, 4.69) is 21.5 Å². The minimum Gasteiger partial charge on any atom is -0.394 e. The number of carbonyl (C=O) groups excluding carboxylic acids is 1. The van der Waals surface area contributed by atoms with Gasteiger partial charge in [0.25, 0.3) is 0 Å². The lowest BCUT2D eigenvalue weighted by Crippen LogP contribution is -2.30. The highest BCUT2D eigenvalue weighted by molar-refractivity contribution is 6.28. The van der Waals surface area contributed by atoms with Crippen LogP contribution in [0.15, 0.2) is 31.1 Å². The van der Waals surface area contributed by atoms with Crippen molar-refractivity contribution < 1.29 is 24.1 Å². The number of fused-ring (bicyclic) bond motifs is 1. The van der Waals surface area contributed by atoms with Gasteiger partial charge < -0.3 is 25.5 Å². The number of hydrogen-bond acceptors (Lipinski definition) is 8. The third kappa shape index (κ3) is 5.07. The van der Waals surface area contributed by atoms with Gasteiger partial charge in [-0.3, -0.25) is 4.57 Å². The van der Waals surface area contributed by atoms with E-state index in [9.17, 15) is 9.50 Å². The van der Waals surface area contributed by atoms with Crippen molar-refractivity contribution in [2.24, 2.45) is 0 Å². The van der Waals surface area contributed by atoms with Gasteiger partial charge in [-0.15, -0.1) is 0 Å². The zero-order valence-corrected chi connectivity index (χ0v) is 15.3. The third-order valence-electron chi connectivity index (χ3n) is 3.50. The summed E-state index contributed by atoms with van der Waals surface area (Å²) >= 11 is 5.71. The summed E-state index contributed by atoms with van der Waals surface area (Å²) in [5.74, 6) is 0.0615. The molecule has 4 atom stereocenters. The van der Waals surface area contributed by atoms with E-state index >= 15 is 0 Å². The monoisotopic (exact) mass is 401 g/mol. The number of halogens is 2. The second-order valence-electron chi connectivity index (χ2n) is 5.15. The number of nitrogen functional groups attached to an aromatic ring is 1. The van der Waals surface area contributed by atoms with Crippen LogP contribution >= 0.6 is 11.6 Å². The fourth-order valence-electron chi connectivity index (χ4n) is 2.31. The Kier molecular flexibility index (Phi) is 8.95. The van der Waals surface area contributed by atoms with Gasteiger partial charge in [-0.05, 0) is 18.5 Å². The number of aromatic nitrogens is 4. The number of carbonyl (C=O) groups is 1. The molecule has 0 unspecified atom stereocenters. The Bertz CT molecular complexity index is 788. The molecule has 27 heavy (non-hydrogen) atoms. The average molecular weight is 402 g/mol. The SMILES string of the molecule is C=C/C=C/C.C=O.Nc1nc(Cl)nc2c1ncn2[C@@H]1O[C@H](CO)[C@@H](O)[C@@H]1F. The number of aliphatic hydroxyl groups is 2. The summed E-state index contributed by atoms with van der Waals surface area (Å²) < 4.78 is 20.6. The maximum atomic E-state index is 14.1. The van der Waals surface area contributed by atoms with Crippen molar-refractivity contribution >= 4 is 35.4 Å². The first-order valence-corrected chi connectivity index (χ1v) is 8.09. The standard InChI is InChI=1S/C10H11ClFN5O3.C5H8.CH2O/c11-10-15-7(13)5-8(16-10)17(2-14-5)9-4(12)6(19)3(1-18)20-9;1-3-5-4-2;1-2/h2-4,6,9,18-19H,1H2,(H2,13,15,16);3-5H,1H2,2H3;1H2/b;5-4+;/t3-,4+,6-,9-;;/m1../s1. The molecule has 1 aliphatic rings. The molecule has 4 N–H and O–H groups in total. The number of nitrogens with zero attached hydrogens (tertiary/aromatic N) is 4. The molecule has 0 aliphatic carbocycles. The number of rotatable bonds is 3. The van der Waals surface area contributed by atoms with Crippen LogP contribution in [0.25, 0.3) is 11.2 Å². The van der Waals surface area contributed by atoms with Gasteiger partial charge in [-0.25, -0.2) is 9.37 Å². The third-order valence-corrected chi connectivity index (χ3v) is 3.67. The van der Waals surface area contributed by atoms with E-state index in [-0.39, 0.29) is 22.3 Å². The lowest BCUT2D eigenvalue weighted by Gasteiger charge is -2.15. The molecule has 148 valence electrons. The number of alkyl halides is 1. The van der Waals surface area contributed by atoms with Crippen LogP contribution in [0.5, 0.6) is 0 Å². The van der Waals surface area contributed by atoms with Crippen molar-refractivity contribution in [2.75, 3.05) is 12.3 Å². The Morgan fingerprint density at radius 2 is 2.15 bits per heavy atom. The molecule has 0 radical (unpaired) electrons. The Morgan fingerprint density at radius 1 is 1.48 bits per heavy atom. The van der Waals surface area contributed by atoms with Gasteiger partial charge in [0.1, 0.15) is 24.5 Å². The molecule has 2 aromatic rings. The number of anilines is 1. The molecule has 1 aliphatic heterocycles. The molecule has 11 heteroatoms. The quantitative estimate of drug-likeness (QED) is 0.515. The van der Waals surface area contributed by atoms with Crippen LogP contribution in [-0.4, -0.2) is 61.5 Å². The maximum absolute atomic E-state index is 14.1. The molecule has 2 aromatic heterocycles. The van der Waals surface area contributed by atoms with Gasteiger partial charge >= 0.3 is 0 Å². The second kappa shape index (κ2) is 10.7. The minimum absolute atomic E-state index is 0.0615. The molecule has 3 heterocycles. The highest BCUT2D eigenvalue weighted by Gasteiger charge is 2.45. The topological polar surface area (TPSA) is 136 Å². The van der Waals surface area contributed by atoms with Crippen molar-refractivity contribution in [3.05, 3.63) is 36.4 Å². The lowest BCUT2D eigenvalue weighted by atomic mass is 10.1. The summed E-state index contributed by atoms with van der Waals surface area (Å²) in [4.78, 5) is 19.7. The molecule has 3 rings (SSSR count). The largest absolute Gasteiger partial charge is 0.394 e. The molecule has 0 aromatic carbocycles. The van der Waals surface area contributed by atoms with Gasteiger partial charge in [0, 0.05) is 0 Å². The first kappa shape index (κ1) is 22.6. The van der Waals surface area contributed by atoms with Crippen molar-refractivity contribution in [1.29, 1.82) is 0 Å². The summed E-state index contributed by atoms with van der Waals surface area (Å²) in [7, 11) is 0. The second-order valence-corrected chi connectivity index (χ2v) is 5.48. The zero-order valence-electron chi connectivity index (χ0n) is 14.6. The van der Waals surface area contributed by atoms with Gasteiger partial charge in [-0.1, -0.05) is 24.8 Å². The van der Waals surface area contributed by atoms with E-state index in [1.807, 2.05) is 25.9 Å². The number of imidazole rings is 1. The summed E-state index contributed by atoms with van der Waals surface area (Å²) in [6, 6.07) is 0. The van der Waals surface area contributed by atoms with Crippen molar-refractivity contribution in [2.45, 2.75) is 31.5 Å². The predicted octanol–water partition coefficient (Wildman–Crippen LogP) is 1.21. The zero-order chi connectivity index (χ0) is 20.6. The van der Waals surface area contributed by atoms with Crippen LogP contribution in [0.1, 0.15) is 13.2 Å². The van der Waals surface area contributed by atoms with Crippen LogP contribution < -0.4 is 5.73 Å². The highest BCUT2D eigenvalue weighted by Crippen LogP contribution is 2.34. The fraction of sp³-hybridized carbons (Fsp3) is 0.375. The molecular formula is C16H21ClFN5O4. The molecule has 0 amide bonds. The van der Waals surface area contributed by atoms with Crippen LogP contribution in [0.4, 0.5) is 10.2 Å². The first-order chi connectivity index (χ1) is 12.9. The van der Waals surface area contributed by atoms with Gasteiger partial charge in [0.2, 0.25) is 5.28 Å². The van der Waals surface area contributed by atoms with Gasteiger partial charge in [-0.2, -0.15) is 9.97 Å². The molecule has 9 nitrogen and oxygen atoms in total. The smallest absolute Gasteiger partial charge is 0.226 e. The van der Waals surface area contributed by atoms with E-state index in [0.29, 0.717) is 0 Å². The normalized spacial score (nSPS) is 24.2. The Morgan fingerprint density at radius 3 is 2.63 bits per heavy atom. The average Bonchev–Trinajstić information content (AvgIpc) is 3.20. The number of hydrogen-bond donors (Lipinski definition) is 3. The molecule has 0 saturated carbocycles. The summed E-state index contributed by atoms with van der Waals surface area (Å²) in [5, 5.41) is 18.6. The molecular weight excluding hydrogens is 381 g/mol. The molecule has 0 spiro atoms. The van der Waals surface area contributed by atoms with Crippen LogP contribution in [0, 0.1) is 0 Å². The van der Waals surface area contributed by atoms with Crippen molar-refractivity contribution in [3.63, 3.8) is 0 Å². The Labute approximate surface area is 160 Å². The fourth-order valence-corrected chi connectivity index (χ4v) is 2.48. The minimum atomic E-state index is -1.74. The van der Waals surface area contributed by atoms with Crippen molar-refractivity contribution in [3.8, 4) is 0 Å². The van der Waals surface area contributed by atoms with E-state index < -0.39 is 31.2 Å². The number of aliphatic hydroxyl groups excluding tert-OH is 2. The highest BCUT2D eigenvalue weighted by atomic mass is 35.5. The Balaban J connectivity index is 0.000000454. The summed E-state index contributed by atoms with van der Waals surface area (Å²) in [6.45, 7) is 6.93. The van der Waals surface area contributed by atoms with Crippen LogP contribution in [-0.2, 0) is 9.53 Å². The molecule has 1 fully saturated rings. The first-order valence-electron chi connectivity index (χ1n) is 7.71. The van der Waals surface area contributed by atoms with E-state index in [1.54, 1.807) is 6.08 Å². The number of allylic oxidation sites excluding steroid dienone is 3. The van der Waals surface area contributed by atoms with Crippen molar-refractivity contribution in [1.82, 2.24) is 19.5 Å². The maximum Gasteiger partial charge on any atom is 0.226 e. The predicted molar refractivity (Wildman–Crippen MR) is 98.8 cm³/mol. The van der Waals surface area contributed by atoms with Crippen LogP contribution in [0.3, 0.4) is 0 Å². The van der Waals surface area contributed by atoms with E-state index in [1.165, 1.54) is 10.9 Å². The van der Waals surface area contributed by atoms with Gasteiger partial charge in [0.15, 0.2) is 23.9 Å². The van der Waals surface area contributed by atoms with E-state index in [0.717, 1.165) is 0 Å².